The SMILES string of the molecule is O=C(c1ccc(Nc2ccccc2)c([N+](=O)[O-])c1)N1CC=C(c2c[nH]c3ncccc23)CC1. The van der Waals surface area contributed by atoms with Gasteiger partial charge in [0, 0.05) is 53.8 Å². The molecule has 0 radical (unpaired) electrons. The Bertz CT molecular complexity index is 1380. The molecule has 2 aromatic carbocycles. The fourth-order valence-corrected chi connectivity index (χ4v) is 4.10. The number of nitro benzene ring substituents is 1. The van der Waals surface area contributed by atoms with Gasteiger partial charge in [-0.25, -0.2) is 4.98 Å². The maximum absolute atomic E-state index is 13.1. The van der Waals surface area contributed by atoms with Crippen LogP contribution in [0, 0.1) is 10.1 Å². The van der Waals surface area contributed by atoms with Gasteiger partial charge in [-0.15, -0.1) is 0 Å². The summed E-state index contributed by atoms with van der Waals surface area (Å²) in [5.74, 6) is -0.222. The normalized spacial score (nSPS) is 13.6. The van der Waals surface area contributed by atoms with Gasteiger partial charge < -0.3 is 15.2 Å². The van der Waals surface area contributed by atoms with Gasteiger partial charge in [0.2, 0.25) is 0 Å². The molecule has 33 heavy (non-hydrogen) atoms. The number of hydrogen-bond acceptors (Lipinski definition) is 5. The monoisotopic (exact) mass is 439 g/mol. The molecule has 1 amide bonds. The molecule has 8 nitrogen and oxygen atoms in total. The summed E-state index contributed by atoms with van der Waals surface area (Å²) < 4.78 is 0. The molecule has 1 aliphatic rings. The van der Waals surface area contributed by atoms with Crippen LogP contribution in [0.25, 0.3) is 16.6 Å². The average Bonchev–Trinajstić information content (AvgIpc) is 3.29. The van der Waals surface area contributed by atoms with Crippen LogP contribution >= 0.6 is 0 Å². The lowest BCUT2D eigenvalue weighted by Gasteiger charge is -2.26. The Morgan fingerprint density at radius 3 is 2.73 bits per heavy atom. The molecule has 3 heterocycles. The minimum absolute atomic E-state index is 0.135. The summed E-state index contributed by atoms with van der Waals surface area (Å²) in [6, 6.07) is 17.7. The first-order chi connectivity index (χ1) is 16.1. The van der Waals surface area contributed by atoms with Crippen molar-refractivity contribution in [1.29, 1.82) is 0 Å². The maximum Gasteiger partial charge on any atom is 0.293 e. The van der Waals surface area contributed by atoms with Crippen molar-refractivity contribution in [3.8, 4) is 0 Å². The molecule has 8 heteroatoms. The zero-order chi connectivity index (χ0) is 22.8. The Hall–Kier alpha value is -4.46. The van der Waals surface area contributed by atoms with E-state index in [9.17, 15) is 14.9 Å². The number of amides is 1. The number of nitro groups is 1. The van der Waals surface area contributed by atoms with Gasteiger partial charge in [0.1, 0.15) is 11.3 Å². The lowest BCUT2D eigenvalue weighted by Crippen LogP contribution is -2.34. The molecule has 0 saturated heterocycles. The minimum Gasteiger partial charge on any atom is -0.350 e. The molecule has 0 spiro atoms. The van der Waals surface area contributed by atoms with Crippen molar-refractivity contribution in [1.82, 2.24) is 14.9 Å². The van der Waals surface area contributed by atoms with Crippen LogP contribution in [0.4, 0.5) is 17.1 Å². The molecule has 5 rings (SSSR count). The van der Waals surface area contributed by atoms with Gasteiger partial charge in [-0.2, -0.15) is 0 Å². The van der Waals surface area contributed by atoms with E-state index in [4.69, 9.17) is 0 Å². The van der Waals surface area contributed by atoms with E-state index < -0.39 is 4.92 Å². The highest BCUT2D eigenvalue weighted by molar-refractivity contribution is 5.97. The summed E-state index contributed by atoms with van der Waals surface area (Å²) in [4.78, 5) is 33.5. The average molecular weight is 439 g/mol. The number of pyridine rings is 1. The molecule has 0 fully saturated rings. The van der Waals surface area contributed by atoms with Crippen LogP contribution in [0.15, 0.2) is 79.1 Å². The predicted molar refractivity (Wildman–Crippen MR) is 127 cm³/mol. The molecule has 164 valence electrons. The zero-order valence-electron chi connectivity index (χ0n) is 17.7. The Morgan fingerprint density at radius 2 is 1.97 bits per heavy atom. The van der Waals surface area contributed by atoms with Crippen molar-refractivity contribution in [3.05, 3.63) is 100 Å². The molecule has 0 saturated carbocycles. The number of anilines is 2. The highest BCUT2D eigenvalue weighted by Crippen LogP contribution is 2.31. The lowest BCUT2D eigenvalue weighted by atomic mass is 9.99. The fraction of sp³-hybridized carbons (Fsp3) is 0.120. The number of fused-ring (bicyclic) bond motifs is 1. The van der Waals surface area contributed by atoms with E-state index >= 15 is 0 Å². The first-order valence-electron chi connectivity index (χ1n) is 10.6. The summed E-state index contributed by atoms with van der Waals surface area (Å²) in [6.45, 7) is 0.980. The molecule has 2 N–H and O–H groups in total. The number of carbonyl (C=O) groups excluding carboxylic acids is 1. The van der Waals surface area contributed by atoms with Gasteiger partial charge in [0.05, 0.1) is 4.92 Å². The number of para-hydroxylation sites is 1. The quantitative estimate of drug-likeness (QED) is 0.331. The van der Waals surface area contributed by atoms with Gasteiger partial charge in [0.25, 0.3) is 11.6 Å². The summed E-state index contributed by atoms with van der Waals surface area (Å²) in [5, 5.41) is 15.8. The molecule has 0 atom stereocenters. The number of rotatable bonds is 5. The summed E-state index contributed by atoms with van der Waals surface area (Å²) in [5.41, 5.74) is 4.34. The lowest BCUT2D eigenvalue weighted by molar-refractivity contribution is -0.383. The number of hydrogen-bond donors (Lipinski definition) is 2. The fourth-order valence-electron chi connectivity index (χ4n) is 4.10. The number of benzene rings is 2. The number of aromatic nitrogens is 2. The van der Waals surface area contributed by atoms with Crippen molar-refractivity contribution < 1.29 is 9.72 Å². The first kappa shape index (κ1) is 20.4. The third-order valence-corrected chi connectivity index (χ3v) is 5.79. The van der Waals surface area contributed by atoms with Crippen molar-refractivity contribution >= 4 is 39.6 Å². The Kier molecular flexibility index (Phi) is 5.32. The van der Waals surface area contributed by atoms with Crippen molar-refractivity contribution in [2.24, 2.45) is 0 Å². The van der Waals surface area contributed by atoms with Crippen molar-refractivity contribution in [3.63, 3.8) is 0 Å². The number of aromatic amines is 1. The van der Waals surface area contributed by atoms with E-state index in [1.165, 1.54) is 6.07 Å². The minimum atomic E-state index is -0.471. The summed E-state index contributed by atoms with van der Waals surface area (Å²) in [6.07, 6.45) is 6.43. The van der Waals surface area contributed by atoms with Crippen LogP contribution in [-0.2, 0) is 0 Å². The number of H-pyrrole nitrogens is 1. The zero-order valence-corrected chi connectivity index (χ0v) is 17.7. The van der Waals surface area contributed by atoms with E-state index in [1.807, 2.05) is 54.7 Å². The van der Waals surface area contributed by atoms with Gasteiger partial charge in [-0.3, -0.25) is 14.9 Å². The molecular weight excluding hydrogens is 418 g/mol. The van der Waals surface area contributed by atoms with E-state index in [2.05, 4.69) is 15.3 Å². The molecule has 0 bridgehead atoms. The predicted octanol–water partition coefficient (Wildman–Crippen LogP) is 5.14. The molecule has 2 aromatic heterocycles. The van der Waals surface area contributed by atoms with Crippen LogP contribution in [0.5, 0.6) is 0 Å². The second-order valence-corrected chi connectivity index (χ2v) is 7.81. The highest BCUT2D eigenvalue weighted by atomic mass is 16.6. The van der Waals surface area contributed by atoms with Crippen LogP contribution in [0.3, 0.4) is 0 Å². The number of nitrogens with zero attached hydrogens (tertiary/aromatic N) is 3. The van der Waals surface area contributed by atoms with Gasteiger partial charge in [0.15, 0.2) is 0 Å². The summed E-state index contributed by atoms with van der Waals surface area (Å²) >= 11 is 0. The molecular formula is C25H21N5O3. The van der Waals surface area contributed by atoms with E-state index in [0.717, 1.165) is 27.9 Å². The largest absolute Gasteiger partial charge is 0.350 e. The van der Waals surface area contributed by atoms with Crippen LogP contribution < -0.4 is 5.32 Å². The van der Waals surface area contributed by atoms with Gasteiger partial charge in [-0.1, -0.05) is 24.3 Å². The third kappa shape index (κ3) is 4.06. The van der Waals surface area contributed by atoms with Crippen LogP contribution in [0.1, 0.15) is 22.3 Å². The second-order valence-electron chi connectivity index (χ2n) is 7.81. The van der Waals surface area contributed by atoms with Crippen LogP contribution in [0.2, 0.25) is 0 Å². The van der Waals surface area contributed by atoms with Gasteiger partial charge >= 0.3 is 0 Å². The Morgan fingerprint density at radius 1 is 1.12 bits per heavy atom. The van der Waals surface area contributed by atoms with Crippen molar-refractivity contribution in [2.75, 3.05) is 18.4 Å². The maximum atomic E-state index is 13.1. The first-order valence-corrected chi connectivity index (χ1v) is 10.6. The topological polar surface area (TPSA) is 104 Å². The smallest absolute Gasteiger partial charge is 0.293 e. The molecule has 1 aliphatic heterocycles. The summed E-state index contributed by atoms with van der Waals surface area (Å²) in [7, 11) is 0. The second kappa shape index (κ2) is 8.58. The van der Waals surface area contributed by atoms with Crippen LogP contribution in [-0.4, -0.2) is 38.8 Å². The Balaban J connectivity index is 1.35. The Labute approximate surface area is 189 Å². The van der Waals surface area contributed by atoms with E-state index in [0.29, 0.717) is 30.8 Å². The van der Waals surface area contributed by atoms with Gasteiger partial charge in [-0.05, 0) is 48.4 Å². The number of carbonyl (C=O) groups is 1. The standard InChI is InChI=1S/C25H21N5O3/c31-25(18-8-9-22(23(15-18)30(32)33)28-19-5-2-1-3-6-19)29-13-10-17(11-14-29)21-16-27-24-20(21)7-4-12-26-24/h1-10,12,15-16,28H,11,13-14H2,(H,26,27). The van der Waals surface area contributed by atoms with Crippen molar-refractivity contribution in [2.45, 2.75) is 6.42 Å². The highest BCUT2D eigenvalue weighted by Gasteiger charge is 2.24. The molecule has 0 unspecified atom stereocenters. The van der Waals surface area contributed by atoms with E-state index in [-0.39, 0.29) is 11.6 Å². The molecule has 0 aliphatic carbocycles. The third-order valence-electron chi connectivity index (χ3n) is 5.79. The van der Waals surface area contributed by atoms with E-state index in [1.54, 1.807) is 23.2 Å². The molecule has 4 aromatic rings. The number of nitrogens with one attached hydrogen (secondary N) is 2.